The maximum absolute atomic E-state index is 11.1. The lowest BCUT2D eigenvalue weighted by atomic mass is 10.2. The van der Waals surface area contributed by atoms with Crippen molar-refractivity contribution in [2.45, 2.75) is 65.7 Å². The van der Waals surface area contributed by atoms with E-state index in [9.17, 15) is 4.79 Å². The zero-order chi connectivity index (χ0) is 12.2. The minimum absolute atomic E-state index is 0.298. The first kappa shape index (κ1) is 15.6. The Morgan fingerprint density at radius 1 is 0.875 bits per heavy atom. The summed E-state index contributed by atoms with van der Waals surface area (Å²) in [7, 11) is 0. The molecule has 16 heavy (non-hydrogen) atoms. The highest BCUT2D eigenvalue weighted by Gasteiger charge is 2.06. The standard InChI is InChI=1S/C14H29NO/c1-4-6-8-10-12-15(13-14(3)16)11-9-7-5-2/h4-13H2,1-3H3. The van der Waals surface area contributed by atoms with Crippen molar-refractivity contribution < 1.29 is 4.79 Å². The van der Waals surface area contributed by atoms with Gasteiger partial charge in [0.05, 0.1) is 6.54 Å². The van der Waals surface area contributed by atoms with Crippen LogP contribution in [-0.4, -0.2) is 30.3 Å². The van der Waals surface area contributed by atoms with Crippen LogP contribution in [0.15, 0.2) is 0 Å². The number of nitrogens with zero attached hydrogens (tertiary/aromatic N) is 1. The molecule has 0 aliphatic heterocycles. The minimum Gasteiger partial charge on any atom is -0.299 e. The summed E-state index contributed by atoms with van der Waals surface area (Å²) in [5, 5.41) is 0. The summed E-state index contributed by atoms with van der Waals surface area (Å²) < 4.78 is 0. The van der Waals surface area contributed by atoms with Crippen molar-refractivity contribution in [1.29, 1.82) is 0 Å². The molecule has 0 spiro atoms. The number of Topliss-reactive ketones (excluding diaryl/α,β-unsaturated/α-hetero) is 1. The van der Waals surface area contributed by atoms with Crippen molar-refractivity contribution in [3.05, 3.63) is 0 Å². The van der Waals surface area contributed by atoms with Gasteiger partial charge < -0.3 is 0 Å². The van der Waals surface area contributed by atoms with Crippen LogP contribution in [0.5, 0.6) is 0 Å². The number of carbonyl (C=O) groups excluding carboxylic acids is 1. The highest BCUT2D eigenvalue weighted by atomic mass is 16.1. The van der Waals surface area contributed by atoms with Gasteiger partial charge in [0.15, 0.2) is 0 Å². The summed E-state index contributed by atoms with van der Waals surface area (Å²) in [4.78, 5) is 13.5. The van der Waals surface area contributed by atoms with Gasteiger partial charge in [-0.15, -0.1) is 0 Å². The van der Waals surface area contributed by atoms with Gasteiger partial charge in [-0.2, -0.15) is 0 Å². The molecule has 0 saturated heterocycles. The highest BCUT2D eigenvalue weighted by molar-refractivity contribution is 5.77. The Bertz CT molecular complexity index is 168. The van der Waals surface area contributed by atoms with E-state index in [1.54, 1.807) is 6.92 Å². The van der Waals surface area contributed by atoms with E-state index in [-0.39, 0.29) is 0 Å². The molecular weight excluding hydrogens is 198 g/mol. The summed E-state index contributed by atoms with van der Waals surface area (Å²) in [6, 6.07) is 0. The first-order valence-electron chi connectivity index (χ1n) is 6.92. The van der Waals surface area contributed by atoms with Crippen LogP contribution in [0.3, 0.4) is 0 Å². The molecule has 0 aromatic carbocycles. The molecule has 0 saturated carbocycles. The molecule has 0 rings (SSSR count). The van der Waals surface area contributed by atoms with Gasteiger partial charge in [-0.1, -0.05) is 46.0 Å². The van der Waals surface area contributed by atoms with E-state index >= 15 is 0 Å². The molecule has 0 unspecified atom stereocenters. The number of unbranched alkanes of at least 4 members (excludes halogenated alkanes) is 5. The van der Waals surface area contributed by atoms with E-state index in [4.69, 9.17) is 0 Å². The monoisotopic (exact) mass is 227 g/mol. The molecule has 0 heterocycles. The number of hydrogen-bond acceptors (Lipinski definition) is 2. The van der Waals surface area contributed by atoms with Crippen molar-refractivity contribution in [2.75, 3.05) is 19.6 Å². The second-order valence-electron chi connectivity index (χ2n) is 4.75. The van der Waals surface area contributed by atoms with Gasteiger partial charge in [-0.05, 0) is 32.9 Å². The predicted molar refractivity (Wildman–Crippen MR) is 70.8 cm³/mol. The van der Waals surface area contributed by atoms with Crippen molar-refractivity contribution >= 4 is 5.78 Å². The maximum atomic E-state index is 11.1. The third-order valence-corrected chi connectivity index (χ3v) is 2.85. The fourth-order valence-electron chi connectivity index (χ4n) is 1.93. The smallest absolute Gasteiger partial charge is 0.143 e. The largest absolute Gasteiger partial charge is 0.299 e. The molecule has 0 aliphatic rings. The Balaban J connectivity index is 3.67. The second kappa shape index (κ2) is 11.1. The first-order chi connectivity index (χ1) is 7.70. The number of hydrogen-bond donors (Lipinski definition) is 0. The number of rotatable bonds is 11. The van der Waals surface area contributed by atoms with Crippen molar-refractivity contribution in [3.8, 4) is 0 Å². The average molecular weight is 227 g/mol. The van der Waals surface area contributed by atoms with Crippen LogP contribution in [-0.2, 0) is 4.79 Å². The van der Waals surface area contributed by atoms with Gasteiger partial charge >= 0.3 is 0 Å². The Hall–Kier alpha value is -0.370. The van der Waals surface area contributed by atoms with Crippen LogP contribution >= 0.6 is 0 Å². The van der Waals surface area contributed by atoms with Gasteiger partial charge in [0, 0.05) is 0 Å². The summed E-state index contributed by atoms with van der Waals surface area (Å²) in [6.07, 6.45) is 8.92. The third-order valence-electron chi connectivity index (χ3n) is 2.85. The molecule has 0 amide bonds. The van der Waals surface area contributed by atoms with E-state index < -0.39 is 0 Å². The SMILES string of the molecule is CCCCCCN(CCCCC)CC(C)=O. The van der Waals surface area contributed by atoms with Gasteiger partial charge in [-0.3, -0.25) is 9.69 Å². The third kappa shape index (κ3) is 10.2. The van der Waals surface area contributed by atoms with Crippen molar-refractivity contribution in [2.24, 2.45) is 0 Å². The zero-order valence-corrected chi connectivity index (χ0v) is 11.4. The van der Waals surface area contributed by atoms with E-state index in [0.29, 0.717) is 12.3 Å². The molecule has 0 aliphatic carbocycles. The van der Waals surface area contributed by atoms with Crippen LogP contribution < -0.4 is 0 Å². The Kier molecular flexibility index (Phi) is 10.9. The normalized spacial score (nSPS) is 11.0. The molecule has 0 N–H and O–H groups in total. The van der Waals surface area contributed by atoms with Crippen molar-refractivity contribution in [1.82, 2.24) is 4.90 Å². The van der Waals surface area contributed by atoms with Crippen molar-refractivity contribution in [3.63, 3.8) is 0 Å². The molecule has 0 aromatic rings. The molecule has 0 fully saturated rings. The van der Waals surface area contributed by atoms with Crippen LogP contribution in [0.2, 0.25) is 0 Å². The summed E-state index contributed by atoms with van der Waals surface area (Å²) in [5.41, 5.74) is 0. The molecule has 2 heteroatoms. The van der Waals surface area contributed by atoms with Gasteiger partial charge in [0.25, 0.3) is 0 Å². The number of ketones is 1. The topological polar surface area (TPSA) is 20.3 Å². The van der Waals surface area contributed by atoms with Crippen LogP contribution in [0.25, 0.3) is 0 Å². The second-order valence-corrected chi connectivity index (χ2v) is 4.75. The molecular formula is C14H29NO. The summed E-state index contributed by atoms with van der Waals surface area (Å²) >= 11 is 0. The molecule has 96 valence electrons. The maximum Gasteiger partial charge on any atom is 0.143 e. The molecule has 0 aromatic heterocycles. The minimum atomic E-state index is 0.298. The lowest BCUT2D eigenvalue weighted by Gasteiger charge is -2.20. The zero-order valence-electron chi connectivity index (χ0n) is 11.4. The number of carbonyl (C=O) groups is 1. The van der Waals surface area contributed by atoms with E-state index in [2.05, 4.69) is 18.7 Å². The first-order valence-corrected chi connectivity index (χ1v) is 6.92. The Morgan fingerprint density at radius 3 is 1.88 bits per heavy atom. The van der Waals surface area contributed by atoms with Gasteiger partial charge in [-0.25, -0.2) is 0 Å². The lowest BCUT2D eigenvalue weighted by molar-refractivity contribution is -0.118. The Morgan fingerprint density at radius 2 is 1.38 bits per heavy atom. The van der Waals surface area contributed by atoms with Gasteiger partial charge in [0.1, 0.15) is 5.78 Å². The van der Waals surface area contributed by atoms with E-state index in [0.717, 1.165) is 13.1 Å². The Labute approximate surface area is 101 Å². The van der Waals surface area contributed by atoms with Crippen LogP contribution in [0.4, 0.5) is 0 Å². The molecule has 0 radical (unpaired) electrons. The molecule has 2 nitrogen and oxygen atoms in total. The fraction of sp³-hybridized carbons (Fsp3) is 0.929. The van der Waals surface area contributed by atoms with Crippen LogP contribution in [0, 0.1) is 0 Å². The predicted octanol–water partition coefficient (Wildman–Crippen LogP) is 3.65. The lowest BCUT2D eigenvalue weighted by Crippen LogP contribution is -2.30. The molecule has 0 bridgehead atoms. The average Bonchev–Trinajstić information content (AvgIpc) is 2.23. The summed E-state index contributed by atoms with van der Waals surface area (Å²) in [6.45, 7) is 8.99. The van der Waals surface area contributed by atoms with E-state index in [1.807, 2.05) is 0 Å². The van der Waals surface area contributed by atoms with Gasteiger partial charge in [0.2, 0.25) is 0 Å². The highest BCUT2D eigenvalue weighted by Crippen LogP contribution is 2.04. The summed E-state index contributed by atoms with van der Waals surface area (Å²) in [5.74, 6) is 0.298. The molecule has 0 atom stereocenters. The van der Waals surface area contributed by atoms with Crippen LogP contribution in [0.1, 0.15) is 65.7 Å². The van der Waals surface area contributed by atoms with E-state index in [1.165, 1.54) is 44.9 Å². The fourth-order valence-corrected chi connectivity index (χ4v) is 1.93. The quantitative estimate of drug-likeness (QED) is 0.502.